The molecule has 0 radical (unpaired) electrons. The maximum absolute atomic E-state index is 13.2. The van der Waals surface area contributed by atoms with E-state index in [4.69, 9.17) is 4.42 Å². The fourth-order valence-electron chi connectivity index (χ4n) is 1.97. The van der Waals surface area contributed by atoms with Crippen molar-refractivity contribution < 1.29 is 13.6 Å². The van der Waals surface area contributed by atoms with Crippen LogP contribution in [0.15, 0.2) is 41.1 Å². The van der Waals surface area contributed by atoms with Crippen molar-refractivity contribution >= 4 is 16.8 Å². The Hall–Kier alpha value is -2.63. The third-order valence-corrected chi connectivity index (χ3v) is 2.68. The van der Waals surface area contributed by atoms with Crippen LogP contribution in [-0.4, -0.2) is 15.6 Å². The van der Waals surface area contributed by atoms with Crippen LogP contribution < -0.4 is 5.43 Å². The number of hydrogen-bond donors (Lipinski definition) is 1. The number of oxazole rings is 1. The van der Waals surface area contributed by atoms with Gasteiger partial charge in [0.05, 0.1) is 11.7 Å². The van der Waals surface area contributed by atoms with Crippen molar-refractivity contribution in [3.63, 3.8) is 0 Å². The molecule has 0 aliphatic carbocycles. The first-order valence-electron chi connectivity index (χ1n) is 5.63. The molecule has 0 atom stereocenters. The summed E-state index contributed by atoms with van der Waals surface area (Å²) in [6, 6.07) is 6.02. The molecule has 6 heteroatoms. The van der Waals surface area contributed by atoms with E-state index >= 15 is 0 Å². The summed E-state index contributed by atoms with van der Waals surface area (Å²) in [7, 11) is 0. The molecule has 0 saturated carbocycles. The molecule has 2 heterocycles. The van der Waals surface area contributed by atoms with Gasteiger partial charge in [0.25, 0.3) is 0 Å². The van der Waals surface area contributed by atoms with Crippen molar-refractivity contribution in [1.82, 2.24) is 9.66 Å². The van der Waals surface area contributed by atoms with E-state index in [9.17, 15) is 9.18 Å². The van der Waals surface area contributed by atoms with Gasteiger partial charge in [-0.2, -0.15) is 0 Å². The summed E-state index contributed by atoms with van der Waals surface area (Å²) in [4.78, 5) is 15.3. The van der Waals surface area contributed by atoms with E-state index in [1.807, 2.05) is 0 Å². The molecule has 0 aliphatic rings. The van der Waals surface area contributed by atoms with Crippen LogP contribution in [0, 0.1) is 5.82 Å². The molecule has 0 fully saturated rings. The lowest BCUT2D eigenvalue weighted by Crippen LogP contribution is -2.20. The second kappa shape index (κ2) is 4.24. The Bertz CT molecular complexity index is 747. The maximum atomic E-state index is 13.2. The second-order valence-corrected chi connectivity index (χ2v) is 4.07. The van der Waals surface area contributed by atoms with Crippen LogP contribution in [-0.2, 0) is 4.79 Å². The predicted octanol–water partition coefficient (Wildman–Crippen LogP) is 2.53. The van der Waals surface area contributed by atoms with Crippen LogP contribution in [0.5, 0.6) is 0 Å². The second-order valence-electron chi connectivity index (χ2n) is 4.07. The molecule has 0 aliphatic heterocycles. The van der Waals surface area contributed by atoms with Gasteiger partial charge < -0.3 is 4.42 Å². The van der Waals surface area contributed by atoms with Gasteiger partial charge in [-0.15, -0.1) is 0 Å². The number of nitrogens with zero attached hydrogens (tertiary/aromatic N) is 2. The average molecular weight is 259 g/mol. The first-order chi connectivity index (χ1) is 9.15. The van der Waals surface area contributed by atoms with Crippen LogP contribution >= 0.6 is 0 Å². The standard InChI is InChI=1S/C13H10FN3O2/c1-8(18)16-17-11-3-2-10(14)6-9(11)7-12(17)13-15-4-5-19-13/h2-7H,1H3,(H,16,18). The number of carbonyl (C=O) groups is 1. The Balaban J connectivity index is 2.27. The van der Waals surface area contributed by atoms with Crippen LogP contribution in [0.3, 0.4) is 0 Å². The molecule has 5 nitrogen and oxygen atoms in total. The minimum Gasteiger partial charge on any atom is -0.443 e. The lowest BCUT2D eigenvalue weighted by Gasteiger charge is -2.08. The zero-order valence-corrected chi connectivity index (χ0v) is 10.1. The van der Waals surface area contributed by atoms with Crippen molar-refractivity contribution in [1.29, 1.82) is 0 Å². The Morgan fingerprint density at radius 1 is 1.42 bits per heavy atom. The van der Waals surface area contributed by atoms with Crippen molar-refractivity contribution in [2.24, 2.45) is 0 Å². The normalized spacial score (nSPS) is 10.8. The molecule has 19 heavy (non-hydrogen) atoms. The van der Waals surface area contributed by atoms with E-state index in [2.05, 4.69) is 10.4 Å². The van der Waals surface area contributed by atoms with Gasteiger partial charge in [-0.05, 0) is 24.3 Å². The summed E-state index contributed by atoms with van der Waals surface area (Å²) in [6.07, 6.45) is 2.94. The third kappa shape index (κ3) is 1.97. The summed E-state index contributed by atoms with van der Waals surface area (Å²) in [6.45, 7) is 1.40. The molecular weight excluding hydrogens is 249 g/mol. The maximum Gasteiger partial charge on any atom is 0.245 e. The van der Waals surface area contributed by atoms with Gasteiger partial charge in [-0.25, -0.2) is 14.1 Å². The van der Waals surface area contributed by atoms with Crippen molar-refractivity contribution in [2.75, 3.05) is 5.43 Å². The fraction of sp³-hybridized carbons (Fsp3) is 0.0769. The highest BCUT2D eigenvalue weighted by atomic mass is 19.1. The number of benzene rings is 1. The van der Waals surface area contributed by atoms with Gasteiger partial charge in [0.2, 0.25) is 11.8 Å². The molecule has 3 rings (SSSR count). The van der Waals surface area contributed by atoms with Gasteiger partial charge in [0.15, 0.2) is 0 Å². The first kappa shape index (κ1) is 11.5. The summed E-state index contributed by atoms with van der Waals surface area (Å²) in [5, 5.41) is 0.655. The van der Waals surface area contributed by atoms with Crippen LogP contribution in [0.25, 0.3) is 22.5 Å². The topological polar surface area (TPSA) is 60.1 Å². The number of halogens is 1. The number of aromatic nitrogens is 2. The molecule has 0 saturated heterocycles. The quantitative estimate of drug-likeness (QED) is 0.769. The van der Waals surface area contributed by atoms with Crippen LogP contribution in [0.1, 0.15) is 6.92 Å². The van der Waals surface area contributed by atoms with E-state index in [0.29, 0.717) is 22.5 Å². The molecular formula is C13H10FN3O2. The summed E-state index contributed by atoms with van der Waals surface area (Å²) < 4.78 is 20.0. The fourth-order valence-corrected chi connectivity index (χ4v) is 1.97. The highest BCUT2D eigenvalue weighted by Crippen LogP contribution is 2.26. The Morgan fingerprint density at radius 3 is 2.95 bits per heavy atom. The molecule has 1 N–H and O–H groups in total. The van der Waals surface area contributed by atoms with E-state index in [0.717, 1.165) is 0 Å². The smallest absolute Gasteiger partial charge is 0.245 e. The summed E-state index contributed by atoms with van der Waals surface area (Å²) >= 11 is 0. The Labute approximate surface area is 107 Å². The van der Waals surface area contributed by atoms with Gasteiger partial charge >= 0.3 is 0 Å². The van der Waals surface area contributed by atoms with E-state index in [1.54, 1.807) is 12.1 Å². The van der Waals surface area contributed by atoms with Crippen LogP contribution in [0.2, 0.25) is 0 Å². The molecule has 2 aromatic heterocycles. The lowest BCUT2D eigenvalue weighted by molar-refractivity contribution is -0.115. The Morgan fingerprint density at radius 2 is 2.26 bits per heavy atom. The monoisotopic (exact) mass is 259 g/mol. The summed E-state index contributed by atoms with van der Waals surface area (Å²) in [5.74, 6) is -0.230. The lowest BCUT2D eigenvalue weighted by atomic mass is 10.2. The van der Waals surface area contributed by atoms with Crippen molar-refractivity contribution in [3.8, 4) is 11.6 Å². The zero-order valence-electron chi connectivity index (χ0n) is 10.1. The molecule has 0 unspecified atom stereocenters. The van der Waals surface area contributed by atoms with Crippen molar-refractivity contribution in [3.05, 3.63) is 42.5 Å². The number of rotatable bonds is 2. The van der Waals surface area contributed by atoms with Gasteiger partial charge in [0.1, 0.15) is 17.8 Å². The zero-order chi connectivity index (χ0) is 13.4. The predicted molar refractivity (Wildman–Crippen MR) is 67.4 cm³/mol. The minimum absolute atomic E-state index is 0.241. The van der Waals surface area contributed by atoms with E-state index in [1.165, 1.54) is 36.2 Å². The molecule has 1 aromatic carbocycles. The third-order valence-electron chi connectivity index (χ3n) is 2.68. The molecule has 0 spiro atoms. The largest absolute Gasteiger partial charge is 0.443 e. The van der Waals surface area contributed by atoms with Gasteiger partial charge in [-0.3, -0.25) is 10.2 Å². The van der Waals surface area contributed by atoms with Crippen molar-refractivity contribution in [2.45, 2.75) is 6.92 Å². The highest BCUT2D eigenvalue weighted by molar-refractivity contribution is 5.90. The minimum atomic E-state index is -0.341. The highest BCUT2D eigenvalue weighted by Gasteiger charge is 2.15. The number of amides is 1. The number of nitrogens with one attached hydrogen (secondary N) is 1. The number of carbonyl (C=O) groups excluding carboxylic acids is 1. The molecule has 3 aromatic rings. The molecule has 0 bridgehead atoms. The van der Waals surface area contributed by atoms with E-state index in [-0.39, 0.29) is 11.7 Å². The number of hydrogen-bond acceptors (Lipinski definition) is 3. The van der Waals surface area contributed by atoms with Gasteiger partial charge in [0, 0.05) is 12.3 Å². The molecule has 1 amide bonds. The molecule has 96 valence electrons. The Kier molecular flexibility index (Phi) is 2.56. The summed E-state index contributed by atoms with van der Waals surface area (Å²) in [5.41, 5.74) is 3.89. The SMILES string of the molecule is CC(=O)Nn1c(-c2ncco2)cc2cc(F)ccc21. The average Bonchev–Trinajstić information content (AvgIpc) is 2.96. The van der Waals surface area contributed by atoms with Crippen LogP contribution in [0.4, 0.5) is 4.39 Å². The first-order valence-corrected chi connectivity index (χ1v) is 5.63. The van der Waals surface area contributed by atoms with E-state index < -0.39 is 0 Å². The van der Waals surface area contributed by atoms with Gasteiger partial charge in [-0.1, -0.05) is 0 Å². The number of fused-ring (bicyclic) bond motifs is 1.